The minimum Gasteiger partial charge on any atom is -0.481 e. The Hall–Kier alpha value is -1.55. The molecule has 0 aliphatic carbocycles. The smallest absolute Gasteiger partial charge is 0.312 e. The van der Waals surface area contributed by atoms with Gasteiger partial charge in [0.15, 0.2) is 5.75 Å². The molecule has 0 unspecified atom stereocenters. The summed E-state index contributed by atoms with van der Waals surface area (Å²) in [5, 5.41) is 10.6. The van der Waals surface area contributed by atoms with Gasteiger partial charge >= 0.3 is 5.69 Å². The Kier molecular flexibility index (Phi) is 4.58. The summed E-state index contributed by atoms with van der Waals surface area (Å²) in [5.41, 5.74) is -0.985. The van der Waals surface area contributed by atoms with E-state index < -0.39 is 49.2 Å². The predicted octanol–water partition coefficient (Wildman–Crippen LogP) is 2.31. The molecule has 11 heteroatoms. The van der Waals surface area contributed by atoms with Crippen LogP contribution >= 0.6 is 10.7 Å². The van der Waals surface area contributed by atoms with E-state index in [4.69, 9.17) is 10.7 Å². The number of halogens is 4. The largest absolute Gasteiger partial charge is 0.481 e. The fourth-order valence-electron chi connectivity index (χ4n) is 1.12. The summed E-state index contributed by atoms with van der Waals surface area (Å²) in [4.78, 5) is 8.40. The molecule has 0 amide bonds. The Labute approximate surface area is 109 Å². The monoisotopic (exact) mass is 319 g/mol. The molecule has 0 atom stereocenters. The van der Waals surface area contributed by atoms with Crippen LogP contribution in [0.1, 0.15) is 0 Å². The van der Waals surface area contributed by atoms with Crippen molar-refractivity contribution in [2.24, 2.45) is 0 Å². The third-order valence-electron chi connectivity index (χ3n) is 1.84. The van der Waals surface area contributed by atoms with Crippen LogP contribution in [0.5, 0.6) is 5.75 Å². The van der Waals surface area contributed by atoms with Crippen LogP contribution in [0.25, 0.3) is 0 Å². The van der Waals surface area contributed by atoms with Gasteiger partial charge in [-0.2, -0.15) is 0 Å². The minimum atomic E-state index is -4.55. The highest BCUT2D eigenvalue weighted by Gasteiger charge is 2.26. The van der Waals surface area contributed by atoms with Gasteiger partial charge in [-0.15, -0.1) is 0 Å². The summed E-state index contributed by atoms with van der Waals surface area (Å²) >= 11 is 0. The van der Waals surface area contributed by atoms with Crippen molar-refractivity contribution in [2.45, 2.75) is 11.3 Å². The van der Waals surface area contributed by atoms with Crippen LogP contribution < -0.4 is 4.74 Å². The summed E-state index contributed by atoms with van der Waals surface area (Å²) in [6.07, 6.45) is -2.93. The van der Waals surface area contributed by atoms with Gasteiger partial charge in [-0.1, -0.05) is 0 Å². The molecule has 19 heavy (non-hydrogen) atoms. The zero-order chi connectivity index (χ0) is 14.8. The molecule has 0 fully saturated rings. The third kappa shape index (κ3) is 3.96. The highest BCUT2D eigenvalue weighted by Crippen LogP contribution is 2.33. The average Bonchev–Trinajstić information content (AvgIpc) is 2.23. The Morgan fingerprint density at radius 3 is 2.42 bits per heavy atom. The van der Waals surface area contributed by atoms with Gasteiger partial charge in [-0.05, 0) is 0 Å². The van der Waals surface area contributed by atoms with E-state index in [0.717, 1.165) is 0 Å². The lowest BCUT2D eigenvalue weighted by atomic mass is 10.3. The molecule has 0 aromatic heterocycles. The fourth-order valence-corrected chi connectivity index (χ4v) is 2.02. The molecule has 6 nitrogen and oxygen atoms in total. The van der Waals surface area contributed by atoms with Crippen molar-refractivity contribution in [3.63, 3.8) is 0 Å². The highest BCUT2D eigenvalue weighted by molar-refractivity contribution is 8.13. The standard InChI is InChI=1S/C8H5ClF3NO5S/c9-19(16,17)7-2-5(13(14)15)6(1-4(7)10)18-3-8(11)12/h1-2,8H,3H2. The minimum absolute atomic E-state index is 0.304. The number of benzene rings is 1. The average molecular weight is 320 g/mol. The first-order chi connectivity index (χ1) is 8.62. The second-order valence-electron chi connectivity index (χ2n) is 3.15. The van der Waals surface area contributed by atoms with Crippen molar-refractivity contribution in [1.82, 2.24) is 0 Å². The first-order valence-corrected chi connectivity index (χ1v) is 6.77. The fraction of sp³-hybridized carbons (Fsp3) is 0.250. The van der Waals surface area contributed by atoms with E-state index >= 15 is 0 Å². The van der Waals surface area contributed by atoms with Crippen LogP contribution in [0.15, 0.2) is 17.0 Å². The molecule has 0 aliphatic rings. The van der Waals surface area contributed by atoms with Gasteiger partial charge in [0.2, 0.25) is 0 Å². The maximum absolute atomic E-state index is 13.4. The van der Waals surface area contributed by atoms with Gasteiger partial charge in [0.05, 0.1) is 4.92 Å². The van der Waals surface area contributed by atoms with Gasteiger partial charge in [0.25, 0.3) is 15.5 Å². The molecular weight excluding hydrogens is 315 g/mol. The molecule has 106 valence electrons. The van der Waals surface area contributed by atoms with Crippen LogP contribution in [0, 0.1) is 15.9 Å². The molecule has 1 aromatic rings. The topological polar surface area (TPSA) is 86.5 Å². The van der Waals surface area contributed by atoms with Crippen LogP contribution in [0.2, 0.25) is 0 Å². The van der Waals surface area contributed by atoms with E-state index in [1.165, 1.54) is 0 Å². The normalized spacial score (nSPS) is 11.6. The van der Waals surface area contributed by atoms with Crippen molar-refractivity contribution < 1.29 is 31.2 Å². The number of hydrogen-bond donors (Lipinski definition) is 0. The molecule has 1 rings (SSSR count). The van der Waals surface area contributed by atoms with Crippen LogP contribution in [-0.4, -0.2) is 26.4 Å². The number of nitrogens with zero attached hydrogens (tertiary/aromatic N) is 1. The number of hydrogen-bond acceptors (Lipinski definition) is 5. The molecule has 0 spiro atoms. The van der Waals surface area contributed by atoms with Gasteiger partial charge in [-0.25, -0.2) is 21.6 Å². The second kappa shape index (κ2) is 5.61. The van der Waals surface area contributed by atoms with Crippen molar-refractivity contribution in [2.75, 3.05) is 6.61 Å². The van der Waals surface area contributed by atoms with Crippen LogP contribution in [-0.2, 0) is 9.05 Å². The molecule has 0 bridgehead atoms. The third-order valence-corrected chi connectivity index (χ3v) is 3.17. The zero-order valence-electron chi connectivity index (χ0n) is 8.85. The van der Waals surface area contributed by atoms with Crippen LogP contribution in [0.3, 0.4) is 0 Å². The lowest BCUT2D eigenvalue weighted by Crippen LogP contribution is -2.09. The molecule has 0 heterocycles. The zero-order valence-corrected chi connectivity index (χ0v) is 10.4. The summed E-state index contributed by atoms with van der Waals surface area (Å²) < 4.78 is 63.4. The first-order valence-electron chi connectivity index (χ1n) is 4.46. The Balaban J connectivity index is 3.34. The number of alkyl halides is 2. The van der Waals surface area contributed by atoms with E-state index in [0.29, 0.717) is 12.1 Å². The highest BCUT2D eigenvalue weighted by atomic mass is 35.7. The van der Waals surface area contributed by atoms with Gasteiger partial charge < -0.3 is 4.74 Å². The summed E-state index contributed by atoms with van der Waals surface area (Å²) in [7, 11) is 0.321. The summed E-state index contributed by atoms with van der Waals surface area (Å²) in [6.45, 7) is -1.20. The van der Waals surface area contributed by atoms with Gasteiger partial charge in [-0.3, -0.25) is 10.1 Å². The lowest BCUT2D eigenvalue weighted by molar-refractivity contribution is -0.386. The van der Waals surface area contributed by atoms with Gasteiger partial charge in [0.1, 0.15) is 17.3 Å². The van der Waals surface area contributed by atoms with E-state index in [9.17, 15) is 31.7 Å². The van der Waals surface area contributed by atoms with E-state index in [-0.39, 0.29) is 0 Å². The van der Waals surface area contributed by atoms with Crippen molar-refractivity contribution in [3.05, 3.63) is 28.1 Å². The van der Waals surface area contributed by atoms with E-state index in [1.54, 1.807) is 0 Å². The second-order valence-corrected chi connectivity index (χ2v) is 5.68. The quantitative estimate of drug-likeness (QED) is 0.472. The molecule has 0 saturated heterocycles. The molecule has 0 N–H and O–H groups in total. The van der Waals surface area contributed by atoms with Crippen molar-refractivity contribution >= 4 is 25.4 Å². The number of ether oxygens (including phenoxy) is 1. The molecular formula is C8H5ClF3NO5S. The lowest BCUT2D eigenvalue weighted by Gasteiger charge is -2.07. The van der Waals surface area contributed by atoms with Crippen molar-refractivity contribution in [3.8, 4) is 5.75 Å². The van der Waals surface area contributed by atoms with Crippen molar-refractivity contribution in [1.29, 1.82) is 0 Å². The van der Waals surface area contributed by atoms with Gasteiger partial charge in [0, 0.05) is 22.8 Å². The summed E-state index contributed by atoms with van der Waals surface area (Å²) in [6, 6.07) is 0.619. The number of rotatable bonds is 5. The molecule has 1 aromatic carbocycles. The molecule has 0 radical (unpaired) electrons. The number of nitro benzene ring substituents is 1. The Morgan fingerprint density at radius 1 is 1.42 bits per heavy atom. The van der Waals surface area contributed by atoms with Crippen LogP contribution in [0.4, 0.5) is 18.9 Å². The molecule has 0 saturated carbocycles. The first kappa shape index (κ1) is 15.5. The maximum atomic E-state index is 13.4. The Bertz CT molecular complexity index is 607. The summed E-state index contributed by atoms with van der Waals surface area (Å²) in [5.74, 6) is -2.25. The number of nitro groups is 1. The molecule has 0 aliphatic heterocycles. The SMILES string of the molecule is O=[N+]([O-])c1cc(S(=O)(=O)Cl)c(F)cc1OCC(F)F. The Morgan fingerprint density at radius 2 is 2.00 bits per heavy atom. The maximum Gasteiger partial charge on any atom is 0.312 e. The van der Waals surface area contributed by atoms with E-state index in [2.05, 4.69) is 4.74 Å². The predicted molar refractivity (Wildman–Crippen MR) is 57.6 cm³/mol. The van der Waals surface area contributed by atoms with E-state index in [1.807, 2.05) is 0 Å².